The zero-order chi connectivity index (χ0) is 18.9. The van der Waals surface area contributed by atoms with Gasteiger partial charge in [0, 0.05) is 24.2 Å². The average Bonchev–Trinajstić information content (AvgIpc) is 2.64. The summed E-state index contributed by atoms with van der Waals surface area (Å²) in [5, 5.41) is 23.3. The molecule has 2 aromatic carbocycles. The normalized spacial score (nSPS) is 11.4. The van der Waals surface area contributed by atoms with Crippen molar-refractivity contribution in [1.29, 1.82) is 0 Å². The molecule has 0 saturated carbocycles. The Morgan fingerprint density at radius 3 is 2.15 bits per heavy atom. The molecule has 1 unspecified atom stereocenters. The van der Waals surface area contributed by atoms with Crippen LogP contribution in [0.25, 0.3) is 0 Å². The molecule has 1 amide bonds. The van der Waals surface area contributed by atoms with Crippen LogP contribution in [0.15, 0.2) is 54.6 Å². The van der Waals surface area contributed by atoms with Crippen LogP contribution >= 0.6 is 0 Å². The number of carbonyl (C=O) groups is 3. The number of hydrogen-bond acceptors (Lipinski definition) is 4. The molecule has 0 fully saturated rings. The molecule has 1 atom stereocenters. The van der Waals surface area contributed by atoms with Crippen molar-refractivity contribution in [2.45, 2.75) is 25.4 Å². The Kier molecular flexibility index (Phi) is 6.73. The predicted octanol–water partition coefficient (Wildman–Crippen LogP) is 2.35. The summed E-state index contributed by atoms with van der Waals surface area (Å²) in [6, 6.07) is 15.2. The summed E-state index contributed by atoms with van der Waals surface area (Å²) >= 11 is 0. The highest BCUT2D eigenvalue weighted by Crippen LogP contribution is 2.12. The molecule has 136 valence electrons. The summed E-state index contributed by atoms with van der Waals surface area (Å²) in [6.07, 6.45) is -0.507. The minimum atomic E-state index is -1.26. The quantitative estimate of drug-likeness (QED) is 0.548. The van der Waals surface area contributed by atoms with Gasteiger partial charge in [-0.1, -0.05) is 30.3 Å². The maximum absolute atomic E-state index is 12.2. The van der Waals surface area contributed by atoms with Gasteiger partial charge in [-0.05, 0) is 36.2 Å². The number of hydrogen-bond donors (Lipinski definition) is 4. The summed E-state index contributed by atoms with van der Waals surface area (Å²) < 4.78 is 0. The molecular formula is C19H20N2O5. The van der Waals surface area contributed by atoms with Crippen LogP contribution in [-0.2, 0) is 16.1 Å². The second-order valence-corrected chi connectivity index (χ2v) is 5.71. The van der Waals surface area contributed by atoms with Crippen molar-refractivity contribution in [3.05, 3.63) is 65.7 Å². The first kappa shape index (κ1) is 19.0. The topological polar surface area (TPSA) is 116 Å². The van der Waals surface area contributed by atoms with Gasteiger partial charge in [0.05, 0.1) is 0 Å². The first-order valence-electron chi connectivity index (χ1n) is 8.09. The summed E-state index contributed by atoms with van der Waals surface area (Å²) in [5.41, 5.74) is 2.25. The summed E-state index contributed by atoms with van der Waals surface area (Å²) in [6.45, 7) is 0.642. The number of nitrogens with one attached hydrogen (secondary N) is 2. The molecule has 7 heteroatoms. The van der Waals surface area contributed by atoms with E-state index in [9.17, 15) is 14.4 Å². The third-order valence-electron chi connectivity index (χ3n) is 3.74. The Labute approximate surface area is 150 Å². The van der Waals surface area contributed by atoms with E-state index in [4.69, 9.17) is 10.2 Å². The Bertz CT molecular complexity index is 759. The Morgan fingerprint density at radius 1 is 0.923 bits per heavy atom. The molecule has 0 heterocycles. The third kappa shape index (κ3) is 5.94. The fourth-order valence-electron chi connectivity index (χ4n) is 2.31. The molecule has 0 bridgehead atoms. The van der Waals surface area contributed by atoms with Crippen molar-refractivity contribution >= 4 is 23.5 Å². The fraction of sp³-hybridized carbons (Fsp3) is 0.211. The van der Waals surface area contributed by atoms with E-state index in [0.717, 1.165) is 11.3 Å². The maximum Gasteiger partial charge on any atom is 0.326 e. The molecule has 0 spiro atoms. The van der Waals surface area contributed by atoms with Gasteiger partial charge in [0.2, 0.25) is 0 Å². The summed E-state index contributed by atoms with van der Waals surface area (Å²) in [4.78, 5) is 33.9. The molecule has 0 radical (unpaired) electrons. The molecule has 7 nitrogen and oxygen atoms in total. The molecule has 0 aliphatic heterocycles. The second-order valence-electron chi connectivity index (χ2n) is 5.71. The first-order chi connectivity index (χ1) is 12.5. The summed E-state index contributed by atoms with van der Waals surface area (Å²) in [7, 11) is 0. The molecule has 2 rings (SSSR count). The van der Waals surface area contributed by atoms with E-state index in [0.29, 0.717) is 12.1 Å². The third-order valence-corrected chi connectivity index (χ3v) is 3.74. The smallest absolute Gasteiger partial charge is 0.326 e. The maximum atomic E-state index is 12.2. The zero-order valence-corrected chi connectivity index (χ0v) is 14.0. The molecule has 0 saturated heterocycles. The van der Waals surface area contributed by atoms with Gasteiger partial charge in [0.1, 0.15) is 6.04 Å². The minimum absolute atomic E-state index is 0.173. The molecule has 0 aromatic heterocycles. The number of rotatable bonds is 9. The number of anilines is 1. The van der Waals surface area contributed by atoms with E-state index in [1.807, 2.05) is 30.3 Å². The second kappa shape index (κ2) is 9.22. The van der Waals surface area contributed by atoms with Crippen molar-refractivity contribution in [3.63, 3.8) is 0 Å². The van der Waals surface area contributed by atoms with Crippen molar-refractivity contribution in [2.75, 3.05) is 5.32 Å². The van der Waals surface area contributed by atoms with Gasteiger partial charge in [0.25, 0.3) is 5.91 Å². The largest absolute Gasteiger partial charge is 0.481 e. The van der Waals surface area contributed by atoms with Crippen LogP contribution in [0.3, 0.4) is 0 Å². The number of amides is 1. The highest BCUT2D eigenvalue weighted by molar-refractivity contribution is 5.96. The highest BCUT2D eigenvalue weighted by atomic mass is 16.4. The Morgan fingerprint density at radius 2 is 1.58 bits per heavy atom. The summed E-state index contributed by atoms with van der Waals surface area (Å²) in [5.74, 6) is -2.93. The van der Waals surface area contributed by atoms with E-state index in [1.54, 1.807) is 24.3 Å². The molecule has 26 heavy (non-hydrogen) atoms. The van der Waals surface area contributed by atoms with E-state index >= 15 is 0 Å². The number of carbonyl (C=O) groups excluding carboxylic acids is 1. The van der Waals surface area contributed by atoms with E-state index in [-0.39, 0.29) is 12.8 Å². The van der Waals surface area contributed by atoms with Crippen molar-refractivity contribution < 1.29 is 24.6 Å². The monoisotopic (exact) mass is 356 g/mol. The van der Waals surface area contributed by atoms with Crippen LogP contribution in [0, 0.1) is 0 Å². The van der Waals surface area contributed by atoms with E-state index < -0.39 is 23.9 Å². The van der Waals surface area contributed by atoms with E-state index in [1.165, 1.54) is 0 Å². The zero-order valence-electron chi connectivity index (χ0n) is 14.0. The van der Waals surface area contributed by atoms with E-state index in [2.05, 4.69) is 10.6 Å². The van der Waals surface area contributed by atoms with Crippen molar-refractivity contribution in [3.8, 4) is 0 Å². The SMILES string of the molecule is O=C(O)CCC(NC(=O)c1ccc(NCc2ccccc2)cc1)C(=O)O. The Balaban J connectivity index is 1.92. The number of carboxylic acids is 2. The van der Waals surface area contributed by atoms with Crippen LogP contribution in [0.5, 0.6) is 0 Å². The fourth-order valence-corrected chi connectivity index (χ4v) is 2.31. The molecule has 0 aliphatic rings. The van der Waals surface area contributed by atoms with Gasteiger partial charge in [0.15, 0.2) is 0 Å². The lowest BCUT2D eigenvalue weighted by Gasteiger charge is -2.14. The minimum Gasteiger partial charge on any atom is -0.481 e. The Hall–Kier alpha value is -3.35. The standard InChI is InChI=1S/C19H20N2O5/c22-17(23)11-10-16(19(25)26)21-18(24)14-6-8-15(9-7-14)20-12-13-4-2-1-3-5-13/h1-9,16,20H,10-12H2,(H,21,24)(H,22,23)(H,25,26). The van der Waals surface area contributed by atoms with Crippen LogP contribution < -0.4 is 10.6 Å². The van der Waals surface area contributed by atoms with Crippen LogP contribution in [0.2, 0.25) is 0 Å². The highest BCUT2D eigenvalue weighted by Gasteiger charge is 2.21. The lowest BCUT2D eigenvalue weighted by molar-refractivity contribution is -0.140. The van der Waals surface area contributed by atoms with Gasteiger partial charge in [-0.2, -0.15) is 0 Å². The number of benzene rings is 2. The lowest BCUT2D eigenvalue weighted by Crippen LogP contribution is -2.41. The van der Waals surface area contributed by atoms with Gasteiger partial charge in [-0.15, -0.1) is 0 Å². The lowest BCUT2D eigenvalue weighted by atomic mass is 10.1. The van der Waals surface area contributed by atoms with Gasteiger partial charge in [-0.25, -0.2) is 4.79 Å². The van der Waals surface area contributed by atoms with Crippen LogP contribution in [-0.4, -0.2) is 34.1 Å². The van der Waals surface area contributed by atoms with Gasteiger partial charge >= 0.3 is 11.9 Å². The van der Waals surface area contributed by atoms with Crippen LogP contribution in [0.4, 0.5) is 5.69 Å². The molecule has 2 aromatic rings. The average molecular weight is 356 g/mol. The first-order valence-corrected chi connectivity index (χ1v) is 8.09. The predicted molar refractivity (Wildman–Crippen MR) is 96.0 cm³/mol. The van der Waals surface area contributed by atoms with Gasteiger partial charge in [-0.3, -0.25) is 9.59 Å². The van der Waals surface area contributed by atoms with Gasteiger partial charge < -0.3 is 20.8 Å². The molecular weight excluding hydrogens is 336 g/mol. The number of aliphatic carboxylic acids is 2. The molecule has 0 aliphatic carbocycles. The number of carboxylic acid groups (broad SMARTS) is 2. The van der Waals surface area contributed by atoms with Crippen molar-refractivity contribution in [2.24, 2.45) is 0 Å². The van der Waals surface area contributed by atoms with Crippen molar-refractivity contribution in [1.82, 2.24) is 5.32 Å². The molecule has 4 N–H and O–H groups in total. The van der Waals surface area contributed by atoms with Crippen LogP contribution in [0.1, 0.15) is 28.8 Å².